The molecule has 3 rings (SSSR count). The van der Waals surface area contributed by atoms with Crippen LogP contribution in [0.3, 0.4) is 0 Å². The van der Waals surface area contributed by atoms with E-state index in [1.807, 2.05) is 6.07 Å². The number of ether oxygens (including phenoxy) is 1. The molecule has 144 valence electrons. The summed E-state index contributed by atoms with van der Waals surface area (Å²) in [6, 6.07) is 14.3. The van der Waals surface area contributed by atoms with Crippen molar-refractivity contribution in [1.82, 2.24) is 9.80 Å². The molecule has 0 unspecified atom stereocenters. The fraction of sp³-hybridized carbons (Fsp3) is 0.238. The van der Waals surface area contributed by atoms with Crippen LogP contribution >= 0.6 is 0 Å². The van der Waals surface area contributed by atoms with Crippen molar-refractivity contribution in [3.63, 3.8) is 0 Å². The summed E-state index contributed by atoms with van der Waals surface area (Å²) in [6.45, 7) is -0.458. The monoisotopic (exact) mass is 380 g/mol. The zero-order chi connectivity index (χ0) is 20.3. The second-order valence-electron chi connectivity index (χ2n) is 6.63. The topological polar surface area (TPSA) is 84.0 Å². The molecular formula is C21H20N2O5. The summed E-state index contributed by atoms with van der Waals surface area (Å²) in [5.41, 5.74) is 1.27. The van der Waals surface area contributed by atoms with Gasteiger partial charge in [-0.15, -0.1) is 0 Å². The first-order valence-electron chi connectivity index (χ1n) is 8.77. The number of likely N-dealkylation sites (N-methyl/N-ethyl adjacent to an activating group) is 1. The number of hydrogen-bond donors (Lipinski definition) is 0. The van der Waals surface area contributed by atoms with E-state index >= 15 is 0 Å². The summed E-state index contributed by atoms with van der Waals surface area (Å²) in [6.07, 6.45) is 0.0985. The Balaban J connectivity index is 1.88. The number of esters is 1. The van der Waals surface area contributed by atoms with Crippen LogP contribution in [0.1, 0.15) is 26.3 Å². The van der Waals surface area contributed by atoms with Gasteiger partial charge in [0, 0.05) is 20.5 Å². The Labute approximate surface area is 162 Å². The third-order valence-electron chi connectivity index (χ3n) is 4.52. The van der Waals surface area contributed by atoms with Gasteiger partial charge in [0.25, 0.3) is 17.7 Å². The molecule has 7 heteroatoms. The first-order valence-corrected chi connectivity index (χ1v) is 8.77. The third-order valence-corrected chi connectivity index (χ3v) is 4.52. The van der Waals surface area contributed by atoms with E-state index in [0.29, 0.717) is 0 Å². The first kappa shape index (κ1) is 19.3. The molecule has 0 saturated heterocycles. The maximum atomic E-state index is 12.8. The van der Waals surface area contributed by atoms with E-state index in [1.54, 1.807) is 62.6 Å². The molecule has 0 aliphatic carbocycles. The Morgan fingerprint density at radius 2 is 1.46 bits per heavy atom. The SMILES string of the molecule is CN(C)C(=O)COC(=O)[C@@H](Cc1ccccc1)N1C(=O)c2ccccc2C1=O. The minimum atomic E-state index is -1.16. The number of carbonyl (C=O) groups excluding carboxylic acids is 4. The van der Waals surface area contributed by atoms with Gasteiger partial charge in [0.15, 0.2) is 6.61 Å². The Hall–Kier alpha value is -3.48. The van der Waals surface area contributed by atoms with Gasteiger partial charge in [-0.1, -0.05) is 42.5 Å². The summed E-state index contributed by atoms with van der Waals surface area (Å²) in [5.74, 6) is -2.28. The zero-order valence-corrected chi connectivity index (χ0v) is 15.6. The normalized spacial score (nSPS) is 13.9. The zero-order valence-electron chi connectivity index (χ0n) is 15.6. The van der Waals surface area contributed by atoms with Crippen molar-refractivity contribution in [2.45, 2.75) is 12.5 Å². The smallest absolute Gasteiger partial charge is 0.330 e. The molecule has 1 atom stereocenters. The molecule has 0 fully saturated rings. The number of imide groups is 1. The predicted octanol–water partition coefficient (Wildman–Crippen LogP) is 1.53. The van der Waals surface area contributed by atoms with Crippen molar-refractivity contribution in [3.05, 3.63) is 71.3 Å². The van der Waals surface area contributed by atoms with E-state index in [0.717, 1.165) is 10.5 Å². The number of carbonyl (C=O) groups is 4. The Morgan fingerprint density at radius 1 is 0.929 bits per heavy atom. The highest BCUT2D eigenvalue weighted by atomic mass is 16.5. The van der Waals surface area contributed by atoms with E-state index in [4.69, 9.17) is 4.74 Å². The van der Waals surface area contributed by atoms with Crippen LogP contribution in [0, 0.1) is 0 Å². The second kappa shape index (κ2) is 8.04. The lowest BCUT2D eigenvalue weighted by atomic mass is 10.0. The molecule has 1 aliphatic rings. The van der Waals surface area contributed by atoms with Crippen molar-refractivity contribution >= 4 is 23.7 Å². The average molecular weight is 380 g/mol. The number of fused-ring (bicyclic) bond motifs is 1. The Bertz CT molecular complexity index is 888. The number of hydrogen-bond acceptors (Lipinski definition) is 5. The standard InChI is InChI=1S/C21H20N2O5/c1-22(2)18(24)13-28-21(27)17(12-14-8-4-3-5-9-14)23-19(25)15-10-6-7-11-16(15)20(23)26/h3-11,17H,12-13H2,1-2H3/t17-/m1/s1. The molecule has 0 aromatic heterocycles. The van der Waals surface area contributed by atoms with Gasteiger partial charge in [0.2, 0.25) is 0 Å². The molecule has 0 bridgehead atoms. The number of benzene rings is 2. The van der Waals surface area contributed by atoms with Gasteiger partial charge >= 0.3 is 5.97 Å². The summed E-state index contributed by atoms with van der Waals surface area (Å²) < 4.78 is 5.13. The molecule has 3 amide bonds. The molecule has 2 aromatic carbocycles. The van der Waals surface area contributed by atoms with E-state index in [9.17, 15) is 19.2 Å². The molecule has 1 heterocycles. The average Bonchev–Trinajstić information content (AvgIpc) is 2.95. The molecule has 0 N–H and O–H groups in total. The fourth-order valence-corrected chi connectivity index (χ4v) is 2.97. The lowest BCUT2D eigenvalue weighted by Crippen LogP contribution is -2.47. The quantitative estimate of drug-likeness (QED) is 0.561. The van der Waals surface area contributed by atoms with Crippen LogP contribution in [-0.4, -0.2) is 60.2 Å². The lowest BCUT2D eigenvalue weighted by molar-refractivity contribution is -0.154. The molecule has 1 aliphatic heterocycles. The number of nitrogens with zero attached hydrogens (tertiary/aromatic N) is 2. The van der Waals surface area contributed by atoms with Crippen molar-refractivity contribution < 1.29 is 23.9 Å². The van der Waals surface area contributed by atoms with Gasteiger partial charge in [-0.3, -0.25) is 19.3 Å². The van der Waals surface area contributed by atoms with Crippen molar-refractivity contribution in [1.29, 1.82) is 0 Å². The maximum absolute atomic E-state index is 12.8. The van der Waals surface area contributed by atoms with Gasteiger partial charge in [-0.05, 0) is 17.7 Å². The largest absolute Gasteiger partial charge is 0.454 e. The second-order valence-corrected chi connectivity index (χ2v) is 6.63. The fourth-order valence-electron chi connectivity index (χ4n) is 2.97. The Kier molecular flexibility index (Phi) is 5.54. The van der Waals surface area contributed by atoms with E-state index in [2.05, 4.69) is 0 Å². The van der Waals surface area contributed by atoms with E-state index < -0.39 is 36.3 Å². The number of rotatable bonds is 6. The molecule has 2 aromatic rings. The number of amides is 3. The van der Waals surface area contributed by atoms with Gasteiger partial charge in [0.1, 0.15) is 6.04 Å². The van der Waals surface area contributed by atoms with Gasteiger partial charge in [0.05, 0.1) is 11.1 Å². The highest BCUT2D eigenvalue weighted by Gasteiger charge is 2.43. The maximum Gasteiger partial charge on any atom is 0.330 e. The van der Waals surface area contributed by atoms with Crippen LogP contribution in [0.15, 0.2) is 54.6 Å². The van der Waals surface area contributed by atoms with Gasteiger partial charge in [-0.25, -0.2) is 4.79 Å². The molecule has 28 heavy (non-hydrogen) atoms. The molecular weight excluding hydrogens is 360 g/mol. The Morgan fingerprint density at radius 3 is 2.00 bits per heavy atom. The van der Waals surface area contributed by atoms with Gasteiger partial charge in [-0.2, -0.15) is 0 Å². The van der Waals surface area contributed by atoms with Crippen molar-refractivity contribution in [3.8, 4) is 0 Å². The minimum absolute atomic E-state index is 0.0985. The van der Waals surface area contributed by atoms with E-state index in [-0.39, 0.29) is 17.5 Å². The van der Waals surface area contributed by atoms with Crippen molar-refractivity contribution in [2.75, 3.05) is 20.7 Å². The lowest BCUT2D eigenvalue weighted by Gasteiger charge is -2.25. The van der Waals surface area contributed by atoms with Crippen LogP contribution in [-0.2, 0) is 20.7 Å². The van der Waals surface area contributed by atoms with Crippen molar-refractivity contribution in [2.24, 2.45) is 0 Å². The first-order chi connectivity index (χ1) is 13.4. The summed E-state index contributed by atoms with van der Waals surface area (Å²) >= 11 is 0. The van der Waals surface area contributed by atoms with Crippen LogP contribution in [0.4, 0.5) is 0 Å². The van der Waals surface area contributed by atoms with Crippen LogP contribution in [0.5, 0.6) is 0 Å². The molecule has 0 radical (unpaired) electrons. The van der Waals surface area contributed by atoms with E-state index in [1.165, 1.54) is 4.90 Å². The van der Waals surface area contributed by atoms with Crippen LogP contribution < -0.4 is 0 Å². The van der Waals surface area contributed by atoms with Crippen LogP contribution in [0.25, 0.3) is 0 Å². The predicted molar refractivity (Wildman–Crippen MR) is 101 cm³/mol. The third kappa shape index (κ3) is 3.78. The minimum Gasteiger partial charge on any atom is -0.454 e. The highest BCUT2D eigenvalue weighted by Crippen LogP contribution is 2.26. The summed E-state index contributed by atoms with van der Waals surface area (Å²) in [5, 5.41) is 0. The molecule has 0 spiro atoms. The van der Waals surface area contributed by atoms with Crippen LogP contribution in [0.2, 0.25) is 0 Å². The molecule has 0 saturated carbocycles. The van der Waals surface area contributed by atoms with Gasteiger partial charge < -0.3 is 9.64 Å². The molecule has 7 nitrogen and oxygen atoms in total. The summed E-state index contributed by atoms with van der Waals surface area (Å²) in [4.78, 5) is 52.4. The highest BCUT2D eigenvalue weighted by molar-refractivity contribution is 6.22. The summed E-state index contributed by atoms with van der Waals surface area (Å²) in [7, 11) is 3.09.